The first-order valence-corrected chi connectivity index (χ1v) is 9.59. The second-order valence-electron chi connectivity index (χ2n) is 7.11. The second kappa shape index (κ2) is 7.64. The van der Waals surface area contributed by atoms with Crippen LogP contribution in [-0.4, -0.2) is 25.8 Å². The molecule has 2 aromatic heterocycles. The van der Waals surface area contributed by atoms with Crippen molar-refractivity contribution in [2.24, 2.45) is 5.73 Å². The van der Waals surface area contributed by atoms with Crippen molar-refractivity contribution in [3.63, 3.8) is 0 Å². The van der Waals surface area contributed by atoms with Gasteiger partial charge >= 0.3 is 0 Å². The number of aryl methyl sites for hydroxylation is 2. The number of carbonyl (C=O) groups excluding carboxylic acids is 1. The molecule has 6 nitrogen and oxygen atoms in total. The van der Waals surface area contributed by atoms with Gasteiger partial charge in [0.05, 0.1) is 16.1 Å². The number of aromatic nitrogens is 4. The summed E-state index contributed by atoms with van der Waals surface area (Å²) in [5, 5.41) is 0.543. The highest BCUT2D eigenvalue weighted by atomic mass is 35.5. The minimum atomic E-state index is -0.496. The van der Waals surface area contributed by atoms with E-state index < -0.39 is 5.41 Å². The number of hydrogen-bond donors (Lipinski definition) is 1. The maximum absolute atomic E-state index is 12.0. The van der Waals surface area contributed by atoms with Crippen molar-refractivity contribution in [2.75, 3.05) is 0 Å². The second-order valence-corrected chi connectivity index (χ2v) is 7.52. The summed E-state index contributed by atoms with van der Waals surface area (Å²) in [5.74, 6) is 0.436. The van der Waals surface area contributed by atoms with Gasteiger partial charge in [0.15, 0.2) is 0 Å². The molecule has 1 saturated carbocycles. The number of halogens is 1. The maximum atomic E-state index is 12.0. The Kier molecular flexibility index (Phi) is 5.05. The average molecular weight is 394 g/mol. The summed E-state index contributed by atoms with van der Waals surface area (Å²) >= 11 is 6.33. The number of primary amides is 1. The third kappa shape index (κ3) is 3.73. The van der Waals surface area contributed by atoms with Crippen LogP contribution < -0.4 is 5.73 Å². The lowest BCUT2D eigenvalue weighted by molar-refractivity contribution is -0.120. The molecule has 1 aromatic carbocycles. The molecule has 1 amide bonds. The van der Waals surface area contributed by atoms with Gasteiger partial charge in [0.2, 0.25) is 5.91 Å². The van der Waals surface area contributed by atoms with Crippen molar-refractivity contribution >= 4 is 17.5 Å². The lowest BCUT2D eigenvalue weighted by Gasteiger charge is -2.16. The van der Waals surface area contributed by atoms with Gasteiger partial charge in [-0.25, -0.2) is 19.9 Å². The van der Waals surface area contributed by atoms with Crippen LogP contribution in [0.5, 0.6) is 0 Å². The number of nitrogens with two attached hydrogens (primary N) is 1. The number of rotatable bonds is 7. The summed E-state index contributed by atoms with van der Waals surface area (Å²) in [5.41, 5.74) is 9.06. The van der Waals surface area contributed by atoms with Crippen molar-refractivity contribution in [1.29, 1.82) is 0 Å². The molecule has 7 heteroatoms. The van der Waals surface area contributed by atoms with Gasteiger partial charge in [-0.1, -0.05) is 35.9 Å². The van der Waals surface area contributed by atoms with Gasteiger partial charge in [-0.2, -0.15) is 0 Å². The fourth-order valence-electron chi connectivity index (χ4n) is 3.54. The highest BCUT2D eigenvalue weighted by Crippen LogP contribution is 2.49. The summed E-state index contributed by atoms with van der Waals surface area (Å²) in [7, 11) is 0. The molecule has 142 valence electrons. The van der Waals surface area contributed by atoms with Crippen molar-refractivity contribution < 1.29 is 4.79 Å². The van der Waals surface area contributed by atoms with Crippen molar-refractivity contribution in [3.05, 3.63) is 82.4 Å². The van der Waals surface area contributed by atoms with Gasteiger partial charge in [-0.3, -0.25) is 4.79 Å². The first-order chi connectivity index (χ1) is 13.6. The smallest absolute Gasteiger partial charge is 0.228 e. The predicted molar refractivity (Wildman–Crippen MR) is 106 cm³/mol. The molecule has 0 atom stereocenters. The van der Waals surface area contributed by atoms with Crippen LogP contribution in [0, 0.1) is 0 Å². The summed E-state index contributed by atoms with van der Waals surface area (Å²) < 4.78 is 0. The molecule has 0 saturated heterocycles. The Hall–Kier alpha value is -2.86. The Morgan fingerprint density at radius 3 is 2.57 bits per heavy atom. The maximum Gasteiger partial charge on any atom is 0.228 e. The standard InChI is InChI=1S/C21H20ClN5O/c22-17-12-26-19(9-14-10-24-13-25-11-14)27-18(17)6-5-15-3-1-2-4-16(15)21(7-8-21)20(23)28/h1-4,10-13H,5-9H2,(H2,23,28). The lowest BCUT2D eigenvalue weighted by atomic mass is 9.88. The SMILES string of the molecule is NC(=O)C1(c2ccccc2CCc2nc(Cc3cncnc3)ncc2Cl)CC1. The molecule has 0 bridgehead atoms. The number of carbonyl (C=O) groups is 1. The predicted octanol–water partition coefficient (Wildman–Crippen LogP) is 2.81. The van der Waals surface area contributed by atoms with Crippen LogP contribution in [0.2, 0.25) is 5.02 Å². The van der Waals surface area contributed by atoms with Crippen LogP contribution in [0.25, 0.3) is 0 Å². The highest BCUT2D eigenvalue weighted by Gasteiger charge is 2.50. The highest BCUT2D eigenvalue weighted by molar-refractivity contribution is 6.31. The molecule has 1 fully saturated rings. The molecular weight excluding hydrogens is 374 g/mol. The van der Waals surface area contributed by atoms with Gasteiger partial charge in [0, 0.05) is 25.0 Å². The Bertz CT molecular complexity index is 1000. The van der Waals surface area contributed by atoms with E-state index in [0.29, 0.717) is 23.7 Å². The quantitative estimate of drug-likeness (QED) is 0.666. The third-order valence-corrected chi connectivity index (χ3v) is 5.54. The molecule has 1 aliphatic carbocycles. The van der Waals surface area contributed by atoms with Crippen molar-refractivity contribution in [1.82, 2.24) is 19.9 Å². The zero-order chi connectivity index (χ0) is 19.6. The van der Waals surface area contributed by atoms with Crippen LogP contribution in [0.4, 0.5) is 0 Å². The Morgan fingerprint density at radius 1 is 1.11 bits per heavy atom. The fourth-order valence-corrected chi connectivity index (χ4v) is 3.73. The van der Waals surface area contributed by atoms with E-state index >= 15 is 0 Å². The van der Waals surface area contributed by atoms with Gasteiger partial charge in [0.1, 0.15) is 12.2 Å². The summed E-state index contributed by atoms with van der Waals surface area (Å²) in [6.45, 7) is 0. The van der Waals surface area contributed by atoms with E-state index in [-0.39, 0.29) is 5.91 Å². The van der Waals surface area contributed by atoms with E-state index in [1.807, 2.05) is 18.2 Å². The van der Waals surface area contributed by atoms with E-state index in [1.165, 1.54) is 6.33 Å². The molecular formula is C21H20ClN5O. The molecule has 2 N–H and O–H groups in total. The van der Waals surface area contributed by atoms with Gasteiger partial charge in [-0.05, 0) is 42.4 Å². The number of amides is 1. The minimum absolute atomic E-state index is 0.243. The summed E-state index contributed by atoms with van der Waals surface area (Å²) in [4.78, 5) is 28.9. The molecule has 3 aromatic rings. The molecule has 4 rings (SSSR count). The summed E-state index contributed by atoms with van der Waals surface area (Å²) in [6.07, 6.45) is 10.2. The van der Waals surface area contributed by atoms with Crippen molar-refractivity contribution in [3.8, 4) is 0 Å². The fraction of sp³-hybridized carbons (Fsp3) is 0.286. The largest absolute Gasteiger partial charge is 0.369 e. The van der Waals surface area contributed by atoms with Crippen molar-refractivity contribution in [2.45, 2.75) is 37.5 Å². The average Bonchev–Trinajstić information content (AvgIpc) is 3.51. The first kappa shape index (κ1) is 18.5. The topological polar surface area (TPSA) is 94.7 Å². The Morgan fingerprint density at radius 2 is 1.86 bits per heavy atom. The summed E-state index contributed by atoms with van der Waals surface area (Å²) in [6, 6.07) is 8.00. The monoisotopic (exact) mass is 393 g/mol. The number of benzene rings is 1. The number of hydrogen-bond acceptors (Lipinski definition) is 5. The Balaban J connectivity index is 1.53. The first-order valence-electron chi connectivity index (χ1n) is 9.21. The Labute approximate surface area is 168 Å². The zero-order valence-corrected chi connectivity index (χ0v) is 16.1. The lowest BCUT2D eigenvalue weighted by Crippen LogP contribution is -2.29. The molecule has 0 aliphatic heterocycles. The normalized spacial score (nSPS) is 14.6. The minimum Gasteiger partial charge on any atom is -0.369 e. The van der Waals surface area contributed by atoms with E-state index in [2.05, 4.69) is 26.0 Å². The zero-order valence-electron chi connectivity index (χ0n) is 15.3. The molecule has 0 spiro atoms. The van der Waals surface area contributed by atoms with Crippen LogP contribution >= 0.6 is 11.6 Å². The molecule has 28 heavy (non-hydrogen) atoms. The van der Waals surface area contributed by atoms with E-state index in [9.17, 15) is 4.79 Å². The molecule has 0 radical (unpaired) electrons. The molecule has 2 heterocycles. The van der Waals surface area contributed by atoms with E-state index in [0.717, 1.165) is 41.6 Å². The third-order valence-electron chi connectivity index (χ3n) is 5.23. The van der Waals surface area contributed by atoms with Crippen LogP contribution in [0.1, 0.15) is 41.1 Å². The van der Waals surface area contributed by atoms with Gasteiger partial charge in [0.25, 0.3) is 0 Å². The van der Waals surface area contributed by atoms with Crippen LogP contribution in [0.15, 0.2) is 49.2 Å². The van der Waals surface area contributed by atoms with E-state index in [1.54, 1.807) is 18.6 Å². The number of nitrogens with zero attached hydrogens (tertiary/aromatic N) is 4. The van der Waals surface area contributed by atoms with Gasteiger partial charge in [-0.15, -0.1) is 0 Å². The van der Waals surface area contributed by atoms with Crippen LogP contribution in [0.3, 0.4) is 0 Å². The van der Waals surface area contributed by atoms with E-state index in [4.69, 9.17) is 17.3 Å². The van der Waals surface area contributed by atoms with Crippen LogP contribution in [-0.2, 0) is 29.5 Å². The molecule has 0 unspecified atom stereocenters. The van der Waals surface area contributed by atoms with Gasteiger partial charge < -0.3 is 5.73 Å². The molecule has 1 aliphatic rings.